The van der Waals surface area contributed by atoms with E-state index in [9.17, 15) is 8.42 Å². The Kier molecular flexibility index (Phi) is 1.81. The van der Waals surface area contributed by atoms with Gasteiger partial charge in [0.25, 0.3) is 0 Å². The van der Waals surface area contributed by atoms with Gasteiger partial charge < -0.3 is 4.90 Å². The van der Waals surface area contributed by atoms with Gasteiger partial charge in [0.15, 0.2) is 9.84 Å². The van der Waals surface area contributed by atoms with Gasteiger partial charge >= 0.3 is 0 Å². The van der Waals surface area contributed by atoms with Gasteiger partial charge in [-0.3, -0.25) is 0 Å². The standard InChI is InChI=1S/C10H15NO2S/c1-4-10-6-11(3)5-9(10,2)7-14(12,13)8-10/h1H,5-8H2,2-3H3/t9-,10+/m0/s1. The molecule has 2 heterocycles. The van der Waals surface area contributed by atoms with Crippen molar-refractivity contribution < 1.29 is 8.42 Å². The number of fused-ring (bicyclic) bond motifs is 1. The Hall–Kier alpha value is -0.530. The third-order valence-corrected chi connectivity index (χ3v) is 5.60. The van der Waals surface area contributed by atoms with E-state index >= 15 is 0 Å². The van der Waals surface area contributed by atoms with Crippen molar-refractivity contribution in [3.05, 3.63) is 0 Å². The van der Waals surface area contributed by atoms with E-state index in [1.54, 1.807) is 0 Å². The molecule has 0 aliphatic carbocycles. The molecule has 0 radical (unpaired) electrons. The van der Waals surface area contributed by atoms with E-state index in [2.05, 4.69) is 10.8 Å². The second-order valence-electron chi connectivity index (χ2n) is 4.99. The molecule has 0 spiro atoms. The molecule has 0 N–H and O–H groups in total. The molecular weight excluding hydrogens is 198 g/mol. The van der Waals surface area contributed by atoms with Crippen LogP contribution in [0.15, 0.2) is 0 Å². The van der Waals surface area contributed by atoms with Crippen molar-refractivity contribution in [1.82, 2.24) is 4.90 Å². The minimum atomic E-state index is -2.93. The lowest BCUT2D eigenvalue weighted by molar-refractivity contribution is 0.261. The van der Waals surface area contributed by atoms with Crippen LogP contribution in [0, 0.1) is 23.2 Å². The summed E-state index contributed by atoms with van der Waals surface area (Å²) in [5.41, 5.74) is -0.685. The fourth-order valence-corrected chi connectivity index (χ4v) is 5.75. The van der Waals surface area contributed by atoms with Crippen LogP contribution >= 0.6 is 0 Å². The van der Waals surface area contributed by atoms with Crippen molar-refractivity contribution in [2.45, 2.75) is 6.92 Å². The zero-order valence-corrected chi connectivity index (χ0v) is 9.39. The second-order valence-corrected chi connectivity index (χ2v) is 7.06. The number of hydrogen-bond donors (Lipinski definition) is 0. The average molecular weight is 213 g/mol. The summed E-state index contributed by atoms with van der Waals surface area (Å²) in [6.45, 7) is 3.50. The Bertz CT molecular complexity index is 408. The summed E-state index contributed by atoms with van der Waals surface area (Å²) in [7, 11) is -0.932. The molecule has 0 aromatic rings. The maximum Gasteiger partial charge on any atom is 0.152 e. The molecule has 78 valence electrons. The Balaban J connectivity index is 2.50. The highest BCUT2D eigenvalue weighted by molar-refractivity contribution is 7.91. The summed E-state index contributed by atoms with van der Waals surface area (Å²) in [6, 6.07) is 0. The van der Waals surface area contributed by atoms with E-state index in [0.717, 1.165) is 6.54 Å². The number of sulfone groups is 1. The summed E-state index contributed by atoms with van der Waals surface area (Å²) in [5.74, 6) is 3.15. The minimum absolute atomic E-state index is 0.164. The molecule has 2 aliphatic rings. The van der Waals surface area contributed by atoms with Crippen molar-refractivity contribution in [2.24, 2.45) is 10.8 Å². The number of rotatable bonds is 0. The predicted octanol–water partition coefficient (Wildman–Crippen LogP) is -0.0139. The summed E-state index contributed by atoms with van der Waals surface area (Å²) in [5, 5.41) is 0. The Morgan fingerprint density at radius 3 is 2.50 bits per heavy atom. The number of nitrogens with zero attached hydrogens (tertiary/aromatic N) is 1. The zero-order valence-electron chi connectivity index (χ0n) is 8.58. The minimum Gasteiger partial charge on any atom is -0.304 e. The summed E-state index contributed by atoms with van der Waals surface area (Å²) in [6.07, 6.45) is 5.54. The van der Waals surface area contributed by atoms with Crippen molar-refractivity contribution in [3.63, 3.8) is 0 Å². The molecule has 3 nitrogen and oxygen atoms in total. The van der Waals surface area contributed by atoms with Gasteiger partial charge in [0, 0.05) is 18.5 Å². The third kappa shape index (κ3) is 1.12. The molecule has 2 rings (SSSR count). The lowest BCUT2D eigenvalue weighted by atomic mass is 9.70. The fraction of sp³-hybridized carbons (Fsp3) is 0.800. The smallest absolute Gasteiger partial charge is 0.152 e. The number of likely N-dealkylation sites (tertiary alicyclic amines) is 1. The summed E-state index contributed by atoms with van der Waals surface area (Å²) < 4.78 is 23.2. The van der Waals surface area contributed by atoms with Crippen LogP contribution in [0.1, 0.15) is 6.92 Å². The van der Waals surface area contributed by atoms with Crippen LogP contribution < -0.4 is 0 Å². The first-order chi connectivity index (χ1) is 6.33. The Morgan fingerprint density at radius 1 is 1.36 bits per heavy atom. The van der Waals surface area contributed by atoms with Gasteiger partial charge in [-0.15, -0.1) is 6.42 Å². The lowest BCUT2D eigenvalue weighted by Crippen LogP contribution is -2.35. The van der Waals surface area contributed by atoms with Crippen molar-refractivity contribution in [1.29, 1.82) is 0 Å². The molecule has 0 aromatic heterocycles. The largest absolute Gasteiger partial charge is 0.304 e. The highest BCUT2D eigenvalue weighted by Crippen LogP contribution is 2.52. The topological polar surface area (TPSA) is 37.4 Å². The normalized spacial score (nSPS) is 46.1. The molecule has 0 amide bonds. The van der Waals surface area contributed by atoms with E-state index in [1.165, 1.54) is 0 Å². The summed E-state index contributed by atoms with van der Waals surface area (Å²) in [4.78, 5) is 2.13. The van der Waals surface area contributed by atoms with Crippen molar-refractivity contribution in [3.8, 4) is 12.3 Å². The molecule has 2 aliphatic heterocycles. The van der Waals surface area contributed by atoms with Gasteiger partial charge in [0.05, 0.1) is 16.9 Å². The SMILES string of the molecule is C#C[C@]12CN(C)C[C@@]1(C)CS(=O)(=O)C2. The van der Waals surface area contributed by atoms with Crippen LogP contribution in [-0.2, 0) is 9.84 Å². The van der Waals surface area contributed by atoms with Crippen LogP contribution in [0.4, 0.5) is 0 Å². The summed E-state index contributed by atoms with van der Waals surface area (Å²) >= 11 is 0. The molecule has 2 atom stereocenters. The zero-order chi connectivity index (χ0) is 10.6. The first-order valence-electron chi connectivity index (χ1n) is 4.69. The fourth-order valence-electron chi connectivity index (χ4n) is 3.03. The van der Waals surface area contributed by atoms with Crippen LogP contribution in [0.3, 0.4) is 0 Å². The molecule has 2 fully saturated rings. The predicted molar refractivity (Wildman–Crippen MR) is 55.5 cm³/mol. The van der Waals surface area contributed by atoms with E-state index in [0.29, 0.717) is 6.54 Å². The van der Waals surface area contributed by atoms with Gasteiger partial charge in [-0.05, 0) is 7.05 Å². The van der Waals surface area contributed by atoms with Gasteiger partial charge in [-0.2, -0.15) is 0 Å². The monoisotopic (exact) mass is 213 g/mol. The van der Waals surface area contributed by atoms with Crippen molar-refractivity contribution >= 4 is 9.84 Å². The Morgan fingerprint density at radius 2 is 2.00 bits per heavy atom. The third-order valence-electron chi connectivity index (χ3n) is 3.60. The molecule has 4 heteroatoms. The lowest BCUT2D eigenvalue weighted by Gasteiger charge is -2.29. The van der Waals surface area contributed by atoms with Gasteiger partial charge in [-0.25, -0.2) is 8.42 Å². The van der Waals surface area contributed by atoms with Gasteiger partial charge in [0.1, 0.15) is 0 Å². The van der Waals surface area contributed by atoms with Crippen molar-refractivity contribution in [2.75, 3.05) is 31.6 Å². The number of hydrogen-bond acceptors (Lipinski definition) is 3. The van der Waals surface area contributed by atoms with Crippen LogP contribution in [-0.4, -0.2) is 45.0 Å². The van der Waals surface area contributed by atoms with Crippen LogP contribution in [0.2, 0.25) is 0 Å². The first-order valence-corrected chi connectivity index (χ1v) is 6.51. The van der Waals surface area contributed by atoms with Gasteiger partial charge in [-0.1, -0.05) is 12.8 Å². The van der Waals surface area contributed by atoms with E-state index in [4.69, 9.17) is 6.42 Å². The van der Waals surface area contributed by atoms with E-state index < -0.39 is 15.3 Å². The highest BCUT2D eigenvalue weighted by Gasteiger charge is 2.61. The molecule has 2 saturated heterocycles. The Labute approximate surface area is 85.4 Å². The average Bonchev–Trinajstić information content (AvgIpc) is 2.29. The maximum absolute atomic E-state index is 11.6. The van der Waals surface area contributed by atoms with E-state index in [1.807, 2.05) is 14.0 Å². The number of terminal acetylenes is 1. The molecule has 0 aromatic carbocycles. The molecular formula is C10H15NO2S. The highest BCUT2D eigenvalue weighted by atomic mass is 32.2. The first kappa shape index (κ1) is 10.0. The molecule has 0 bridgehead atoms. The molecule has 0 saturated carbocycles. The van der Waals surface area contributed by atoms with Crippen LogP contribution in [0.5, 0.6) is 0 Å². The molecule has 0 unspecified atom stereocenters. The van der Waals surface area contributed by atoms with E-state index in [-0.39, 0.29) is 16.9 Å². The van der Waals surface area contributed by atoms with Gasteiger partial charge in [0.2, 0.25) is 0 Å². The van der Waals surface area contributed by atoms with Crippen LogP contribution in [0.25, 0.3) is 0 Å². The maximum atomic E-state index is 11.6. The molecule has 14 heavy (non-hydrogen) atoms. The second kappa shape index (κ2) is 2.53. The quantitative estimate of drug-likeness (QED) is 0.531.